The zero-order chi connectivity index (χ0) is 13.4. The minimum absolute atomic E-state index is 0.0392. The number of ether oxygens (including phenoxy) is 1. The summed E-state index contributed by atoms with van der Waals surface area (Å²) in [6, 6.07) is 0. The highest BCUT2D eigenvalue weighted by Gasteiger charge is 2.51. The minimum Gasteiger partial charge on any atom is -0.444 e. The van der Waals surface area contributed by atoms with Crippen molar-refractivity contribution < 1.29 is 14.6 Å². The number of rotatable bonds is 2. The summed E-state index contributed by atoms with van der Waals surface area (Å²) in [6.07, 6.45) is 5.41. The molecule has 1 amide bonds. The van der Waals surface area contributed by atoms with Gasteiger partial charge in [-0.2, -0.15) is 0 Å². The molecule has 2 aliphatic rings. The molecule has 2 saturated carbocycles. The SMILES string of the molecule is CC(C)(C)OC(=O)NC1(C2CCC(O)CC2)CC1. The fraction of sp³-hybridized carbons (Fsp3) is 0.929. The van der Waals surface area contributed by atoms with E-state index >= 15 is 0 Å². The molecule has 104 valence electrons. The van der Waals surface area contributed by atoms with Crippen molar-refractivity contribution in [3.05, 3.63) is 0 Å². The summed E-state index contributed by atoms with van der Waals surface area (Å²) in [4.78, 5) is 11.8. The van der Waals surface area contributed by atoms with Crippen molar-refractivity contribution in [2.24, 2.45) is 5.92 Å². The largest absolute Gasteiger partial charge is 0.444 e. The van der Waals surface area contributed by atoms with Gasteiger partial charge in [0.15, 0.2) is 0 Å². The first-order chi connectivity index (χ1) is 8.31. The lowest BCUT2D eigenvalue weighted by Crippen LogP contribution is -2.46. The molecule has 2 rings (SSSR count). The Hall–Kier alpha value is -0.770. The van der Waals surface area contributed by atoms with Crippen LogP contribution in [0.25, 0.3) is 0 Å². The van der Waals surface area contributed by atoms with Crippen LogP contribution in [0.3, 0.4) is 0 Å². The van der Waals surface area contributed by atoms with Crippen LogP contribution in [0.5, 0.6) is 0 Å². The van der Waals surface area contributed by atoms with Gasteiger partial charge in [0.05, 0.1) is 6.10 Å². The van der Waals surface area contributed by atoms with Gasteiger partial charge in [0, 0.05) is 5.54 Å². The fourth-order valence-corrected chi connectivity index (χ4v) is 2.91. The van der Waals surface area contributed by atoms with Gasteiger partial charge < -0.3 is 15.2 Å². The molecule has 2 aliphatic carbocycles. The van der Waals surface area contributed by atoms with Crippen molar-refractivity contribution in [3.63, 3.8) is 0 Å². The Kier molecular flexibility index (Phi) is 3.58. The second-order valence-corrected chi connectivity index (χ2v) is 6.79. The molecule has 0 radical (unpaired) electrons. The van der Waals surface area contributed by atoms with Crippen LogP contribution < -0.4 is 5.32 Å². The Morgan fingerprint density at radius 2 is 1.78 bits per heavy atom. The third kappa shape index (κ3) is 3.37. The first kappa shape index (κ1) is 13.7. The maximum Gasteiger partial charge on any atom is 0.408 e. The zero-order valence-electron chi connectivity index (χ0n) is 11.7. The number of aliphatic hydroxyl groups excluding tert-OH is 1. The maximum atomic E-state index is 11.8. The van der Waals surface area contributed by atoms with Crippen LogP contribution in [0.2, 0.25) is 0 Å². The lowest BCUT2D eigenvalue weighted by atomic mass is 9.81. The van der Waals surface area contributed by atoms with Gasteiger partial charge in [-0.15, -0.1) is 0 Å². The third-order valence-electron chi connectivity index (χ3n) is 4.02. The zero-order valence-corrected chi connectivity index (χ0v) is 11.7. The van der Waals surface area contributed by atoms with E-state index in [1.54, 1.807) is 0 Å². The van der Waals surface area contributed by atoms with Crippen molar-refractivity contribution in [1.29, 1.82) is 0 Å². The van der Waals surface area contributed by atoms with Crippen LogP contribution in [0.1, 0.15) is 59.3 Å². The third-order valence-corrected chi connectivity index (χ3v) is 4.02. The van der Waals surface area contributed by atoms with Crippen molar-refractivity contribution in [3.8, 4) is 0 Å². The van der Waals surface area contributed by atoms with E-state index in [9.17, 15) is 9.90 Å². The van der Waals surface area contributed by atoms with Crippen LogP contribution >= 0.6 is 0 Å². The standard InChI is InChI=1S/C14H25NO3/c1-13(2,3)18-12(17)15-14(8-9-14)10-4-6-11(16)7-5-10/h10-11,16H,4-9H2,1-3H3,(H,15,17). The molecule has 0 spiro atoms. The molecule has 0 bridgehead atoms. The van der Waals surface area contributed by atoms with Gasteiger partial charge in [-0.05, 0) is 65.2 Å². The summed E-state index contributed by atoms with van der Waals surface area (Å²) in [7, 11) is 0. The van der Waals surface area contributed by atoms with Crippen LogP contribution in [0, 0.1) is 5.92 Å². The Labute approximate surface area is 109 Å². The van der Waals surface area contributed by atoms with E-state index in [2.05, 4.69) is 5.32 Å². The predicted molar refractivity (Wildman–Crippen MR) is 69.3 cm³/mol. The van der Waals surface area contributed by atoms with Crippen LogP contribution in [0.15, 0.2) is 0 Å². The fourth-order valence-electron chi connectivity index (χ4n) is 2.91. The molecule has 0 aliphatic heterocycles. The van der Waals surface area contributed by atoms with Gasteiger partial charge in [0.25, 0.3) is 0 Å². The van der Waals surface area contributed by atoms with Gasteiger partial charge >= 0.3 is 6.09 Å². The maximum absolute atomic E-state index is 11.8. The Morgan fingerprint density at radius 1 is 1.22 bits per heavy atom. The molecule has 0 heterocycles. The first-order valence-electron chi connectivity index (χ1n) is 7.00. The van der Waals surface area contributed by atoms with E-state index in [1.165, 1.54) is 0 Å². The topological polar surface area (TPSA) is 58.6 Å². The lowest BCUT2D eigenvalue weighted by molar-refractivity contribution is 0.0433. The van der Waals surface area contributed by atoms with Crippen molar-refractivity contribution >= 4 is 6.09 Å². The molecule has 2 N–H and O–H groups in total. The smallest absolute Gasteiger partial charge is 0.408 e. The number of amides is 1. The summed E-state index contributed by atoms with van der Waals surface area (Å²) >= 11 is 0. The highest BCUT2D eigenvalue weighted by Crippen LogP contribution is 2.48. The Balaban J connectivity index is 1.86. The van der Waals surface area contributed by atoms with E-state index in [0.717, 1.165) is 38.5 Å². The molecule has 0 aromatic carbocycles. The summed E-state index contributed by atoms with van der Waals surface area (Å²) in [6.45, 7) is 5.63. The van der Waals surface area contributed by atoms with Crippen LogP contribution in [-0.2, 0) is 4.74 Å². The molecule has 0 aromatic heterocycles. The number of alkyl carbamates (subject to hydrolysis) is 1. The quantitative estimate of drug-likeness (QED) is 0.797. The number of hydrogen-bond acceptors (Lipinski definition) is 3. The average Bonchev–Trinajstić information content (AvgIpc) is 2.96. The minimum atomic E-state index is -0.442. The number of carbonyl (C=O) groups is 1. The summed E-state index contributed by atoms with van der Waals surface area (Å²) < 4.78 is 5.33. The molecular weight excluding hydrogens is 230 g/mol. The normalized spacial score (nSPS) is 30.7. The molecule has 18 heavy (non-hydrogen) atoms. The van der Waals surface area contributed by atoms with Gasteiger partial charge in [-0.25, -0.2) is 4.79 Å². The van der Waals surface area contributed by atoms with E-state index in [4.69, 9.17) is 4.74 Å². The van der Waals surface area contributed by atoms with E-state index in [-0.39, 0.29) is 17.7 Å². The molecule has 0 unspecified atom stereocenters. The highest BCUT2D eigenvalue weighted by molar-refractivity contribution is 5.69. The number of aliphatic hydroxyl groups is 1. The second kappa shape index (κ2) is 4.72. The molecule has 4 heteroatoms. The van der Waals surface area contributed by atoms with E-state index < -0.39 is 5.60 Å². The van der Waals surface area contributed by atoms with Crippen LogP contribution in [-0.4, -0.2) is 28.4 Å². The van der Waals surface area contributed by atoms with Gasteiger partial charge in [-0.3, -0.25) is 0 Å². The average molecular weight is 255 g/mol. The van der Waals surface area contributed by atoms with Crippen LogP contribution in [0.4, 0.5) is 4.79 Å². The Morgan fingerprint density at radius 3 is 2.22 bits per heavy atom. The monoisotopic (exact) mass is 255 g/mol. The van der Waals surface area contributed by atoms with Gasteiger partial charge in [0.2, 0.25) is 0 Å². The first-order valence-corrected chi connectivity index (χ1v) is 7.00. The van der Waals surface area contributed by atoms with Crippen molar-refractivity contribution in [2.45, 2.75) is 76.5 Å². The molecule has 2 fully saturated rings. The van der Waals surface area contributed by atoms with Crippen molar-refractivity contribution in [2.75, 3.05) is 0 Å². The molecule has 0 aromatic rings. The Bertz CT molecular complexity index is 309. The summed E-state index contributed by atoms with van der Waals surface area (Å²) in [5, 5.41) is 12.6. The van der Waals surface area contributed by atoms with Crippen molar-refractivity contribution in [1.82, 2.24) is 5.32 Å². The molecule has 4 nitrogen and oxygen atoms in total. The summed E-state index contributed by atoms with van der Waals surface area (Å²) in [5.41, 5.74) is -0.481. The van der Waals surface area contributed by atoms with E-state index in [1.807, 2.05) is 20.8 Å². The molecule has 0 atom stereocenters. The number of nitrogens with one attached hydrogen (secondary N) is 1. The van der Waals surface area contributed by atoms with Gasteiger partial charge in [0.1, 0.15) is 5.60 Å². The number of carbonyl (C=O) groups excluding carboxylic acids is 1. The van der Waals surface area contributed by atoms with E-state index in [0.29, 0.717) is 5.92 Å². The highest BCUT2D eigenvalue weighted by atomic mass is 16.6. The van der Waals surface area contributed by atoms with Gasteiger partial charge in [-0.1, -0.05) is 0 Å². The number of hydrogen-bond donors (Lipinski definition) is 2. The second-order valence-electron chi connectivity index (χ2n) is 6.79. The molecular formula is C14H25NO3. The molecule has 0 saturated heterocycles. The summed E-state index contributed by atoms with van der Waals surface area (Å²) in [5.74, 6) is 0.508. The lowest BCUT2D eigenvalue weighted by Gasteiger charge is -2.33. The predicted octanol–water partition coefficient (Wildman–Crippen LogP) is 2.59.